The van der Waals surface area contributed by atoms with E-state index in [4.69, 9.17) is 10.5 Å². The molecule has 0 unspecified atom stereocenters. The summed E-state index contributed by atoms with van der Waals surface area (Å²) in [6, 6.07) is 4.96. The number of anilines is 2. The minimum absolute atomic E-state index is 0.0454. The third-order valence-corrected chi connectivity index (χ3v) is 2.63. The van der Waals surface area contributed by atoms with Crippen LogP contribution in [0.15, 0.2) is 18.2 Å². The van der Waals surface area contributed by atoms with Crippen molar-refractivity contribution in [1.82, 2.24) is 0 Å². The van der Waals surface area contributed by atoms with Crippen LogP contribution in [0.1, 0.15) is 10.4 Å². The van der Waals surface area contributed by atoms with E-state index in [0.717, 1.165) is 18.8 Å². The molecule has 0 aliphatic carbocycles. The van der Waals surface area contributed by atoms with Gasteiger partial charge in [-0.25, -0.2) is 0 Å². The summed E-state index contributed by atoms with van der Waals surface area (Å²) in [5.74, 6) is -1.24. The topological polar surface area (TPSA) is 78.6 Å². The molecule has 1 heterocycles. The maximum Gasteiger partial charge on any atom is 0.0736 e. The molecule has 1 fully saturated rings. The van der Waals surface area contributed by atoms with Crippen molar-refractivity contribution in [1.29, 1.82) is 0 Å². The Bertz CT molecular complexity index is 400. The maximum atomic E-state index is 10.8. The van der Waals surface area contributed by atoms with E-state index in [2.05, 4.69) is 4.90 Å². The van der Waals surface area contributed by atoms with Crippen LogP contribution in [0, 0.1) is 0 Å². The Morgan fingerprint density at radius 1 is 1.38 bits per heavy atom. The number of nitrogens with two attached hydrogens (primary N) is 1. The number of hydrogen-bond donors (Lipinski definition) is 1. The summed E-state index contributed by atoms with van der Waals surface area (Å²) in [4.78, 5) is 12.9. The zero-order chi connectivity index (χ0) is 11.5. The molecule has 0 atom stereocenters. The second-order valence-corrected chi connectivity index (χ2v) is 3.66. The van der Waals surface area contributed by atoms with Crippen LogP contribution in [-0.4, -0.2) is 32.3 Å². The van der Waals surface area contributed by atoms with Gasteiger partial charge in [0.05, 0.1) is 19.2 Å². The van der Waals surface area contributed by atoms with E-state index in [-0.39, 0.29) is 11.3 Å². The summed E-state index contributed by atoms with van der Waals surface area (Å²) < 4.78 is 5.23. The van der Waals surface area contributed by atoms with Crippen molar-refractivity contribution in [3.05, 3.63) is 23.8 Å². The predicted octanol–water partition coefficient (Wildman–Crippen LogP) is -0.531. The number of nitrogens with zero attached hydrogens (tertiary/aromatic N) is 1. The summed E-state index contributed by atoms with van der Waals surface area (Å²) in [5.41, 5.74) is 6.68. The molecule has 1 aromatic rings. The van der Waals surface area contributed by atoms with Crippen LogP contribution in [0.2, 0.25) is 0 Å². The number of hydrogen-bond acceptors (Lipinski definition) is 5. The first-order chi connectivity index (χ1) is 7.68. The normalized spacial score (nSPS) is 16.1. The van der Waals surface area contributed by atoms with Crippen molar-refractivity contribution in [2.45, 2.75) is 0 Å². The number of aromatic carboxylic acids is 1. The fraction of sp³-hybridized carbons (Fsp3) is 0.364. The Morgan fingerprint density at radius 3 is 2.69 bits per heavy atom. The Balaban J connectivity index is 2.27. The number of benzene rings is 1. The Kier molecular flexibility index (Phi) is 2.96. The molecule has 0 aromatic heterocycles. The van der Waals surface area contributed by atoms with Gasteiger partial charge in [-0.3, -0.25) is 0 Å². The summed E-state index contributed by atoms with van der Waals surface area (Å²) in [6.07, 6.45) is 0. The average molecular weight is 221 g/mol. The van der Waals surface area contributed by atoms with Gasteiger partial charge in [0.25, 0.3) is 0 Å². The van der Waals surface area contributed by atoms with Crippen molar-refractivity contribution in [2.75, 3.05) is 36.9 Å². The first kappa shape index (κ1) is 10.8. The summed E-state index contributed by atoms with van der Waals surface area (Å²) in [6.45, 7) is 2.84. The largest absolute Gasteiger partial charge is 0.545 e. The molecule has 5 nitrogen and oxygen atoms in total. The number of rotatable bonds is 2. The smallest absolute Gasteiger partial charge is 0.0736 e. The highest BCUT2D eigenvalue weighted by Gasteiger charge is 2.12. The number of carbonyl (C=O) groups excluding carboxylic acids is 1. The van der Waals surface area contributed by atoms with Gasteiger partial charge in [-0.1, -0.05) is 0 Å². The van der Waals surface area contributed by atoms with E-state index < -0.39 is 5.97 Å². The number of carboxylic acids is 1. The first-order valence-corrected chi connectivity index (χ1v) is 5.12. The molecule has 1 aliphatic heterocycles. The molecule has 2 rings (SSSR count). The van der Waals surface area contributed by atoms with Crippen molar-refractivity contribution in [2.24, 2.45) is 0 Å². The summed E-state index contributed by atoms with van der Waals surface area (Å²) in [7, 11) is 0. The molecular formula is C11H13N2O3-. The Morgan fingerprint density at radius 2 is 2.06 bits per heavy atom. The fourth-order valence-corrected chi connectivity index (χ4v) is 1.74. The van der Waals surface area contributed by atoms with Crippen molar-refractivity contribution >= 4 is 17.3 Å². The Labute approximate surface area is 93.4 Å². The minimum Gasteiger partial charge on any atom is -0.545 e. The minimum atomic E-state index is -1.24. The molecule has 0 saturated carbocycles. The van der Waals surface area contributed by atoms with Crippen LogP contribution >= 0.6 is 0 Å². The molecule has 86 valence electrons. The van der Waals surface area contributed by atoms with Gasteiger partial charge in [0, 0.05) is 30.0 Å². The van der Waals surface area contributed by atoms with Crippen LogP contribution in [0.3, 0.4) is 0 Å². The molecule has 1 aromatic carbocycles. The number of ether oxygens (including phenoxy) is 1. The van der Waals surface area contributed by atoms with Gasteiger partial charge < -0.3 is 25.3 Å². The molecule has 0 amide bonds. The lowest BCUT2D eigenvalue weighted by molar-refractivity contribution is -0.254. The van der Waals surface area contributed by atoms with Crippen molar-refractivity contribution < 1.29 is 14.6 Å². The highest BCUT2D eigenvalue weighted by molar-refractivity contribution is 5.93. The molecule has 0 radical (unpaired) electrons. The molecule has 2 N–H and O–H groups in total. The van der Waals surface area contributed by atoms with Gasteiger partial charge in [-0.15, -0.1) is 0 Å². The lowest BCUT2D eigenvalue weighted by Gasteiger charge is -2.29. The lowest BCUT2D eigenvalue weighted by atomic mass is 10.1. The summed E-state index contributed by atoms with van der Waals surface area (Å²) >= 11 is 0. The van der Waals surface area contributed by atoms with Gasteiger partial charge in [-0.2, -0.15) is 0 Å². The second kappa shape index (κ2) is 4.40. The van der Waals surface area contributed by atoms with E-state index in [9.17, 15) is 9.90 Å². The molecule has 5 heteroatoms. The monoisotopic (exact) mass is 221 g/mol. The van der Waals surface area contributed by atoms with Crippen molar-refractivity contribution in [3.8, 4) is 0 Å². The molecule has 0 bridgehead atoms. The SMILES string of the molecule is Nc1ccc(N2CCOCC2)cc1C(=O)[O-]. The van der Waals surface area contributed by atoms with Crippen LogP contribution in [0.5, 0.6) is 0 Å². The van der Waals surface area contributed by atoms with E-state index in [1.54, 1.807) is 12.1 Å². The molecular weight excluding hydrogens is 208 g/mol. The predicted molar refractivity (Wildman–Crippen MR) is 58.2 cm³/mol. The van der Waals surface area contributed by atoms with Gasteiger partial charge in [0.2, 0.25) is 0 Å². The quantitative estimate of drug-likeness (QED) is 0.679. The molecule has 0 spiro atoms. The molecule has 1 aliphatic rings. The highest BCUT2D eigenvalue weighted by atomic mass is 16.5. The van der Waals surface area contributed by atoms with Crippen LogP contribution in [0.4, 0.5) is 11.4 Å². The van der Waals surface area contributed by atoms with Crippen molar-refractivity contribution in [3.63, 3.8) is 0 Å². The molecule has 1 saturated heterocycles. The number of morpholine rings is 1. The highest BCUT2D eigenvalue weighted by Crippen LogP contribution is 2.21. The second-order valence-electron chi connectivity index (χ2n) is 3.66. The van der Waals surface area contributed by atoms with Gasteiger partial charge in [0.15, 0.2) is 0 Å². The number of carboxylic acid groups (broad SMARTS) is 1. The maximum absolute atomic E-state index is 10.8. The van der Waals surface area contributed by atoms with Crippen LogP contribution < -0.4 is 15.7 Å². The first-order valence-electron chi connectivity index (χ1n) is 5.12. The van der Waals surface area contributed by atoms with Gasteiger partial charge in [-0.05, 0) is 18.2 Å². The van der Waals surface area contributed by atoms with E-state index in [1.165, 1.54) is 0 Å². The van der Waals surface area contributed by atoms with Crippen LogP contribution in [0.25, 0.3) is 0 Å². The van der Waals surface area contributed by atoms with E-state index >= 15 is 0 Å². The Hall–Kier alpha value is -1.75. The average Bonchev–Trinajstić information content (AvgIpc) is 2.30. The summed E-state index contributed by atoms with van der Waals surface area (Å²) in [5, 5.41) is 10.8. The van der Waals surface area contributed by atoms with Crippen LogP contribution in [-0.2, 0) is 4.74 Å². The van der Waals surface area contributed by atoms with E-state index in [1.807, 2.05) is 6.07 Å². The third-order valence-electron chi connectivity index (χ3n) is 2.63. The van der Waals surface area contributed by atoms with Gasteiger partial charge in [0.1, 0.15) is 0 Å². The van der Waals surface area contributed by atoms with Gasteiger partial charge >= 0.3 is 0 Å². The third kappa shape index (κ3) is 2.09. The standard InChI is InChI=1S/C11H14N2O3/c12-10-2-1-8(7-9(10)11(14)15)13-3-5-16-6-4-13/h1-2,7H,3-6,12H2,(H,14,15)/p-1. The number of nitrogen functional groups attached to an aromatic ring is 1. The zero-order valence-corrected chi connectivity index (χ0v) is 8.81. The van der Waals surface area contributed by atoms with E-state index in [0.29, 0.717) is 13.2 Å². The number of carbonyl (C=O) groups is 1. The lowest BCUT2D eigenvalue weighted by Crippen LogP contribution is -2.36. The molecule has 16 heavy (non-hydrogen) atoms. The zero-order valence-electron chi connectivity index (χ0n) is 8.81. The fourth-order valence-electron chi connectivity index (χ4n) is 1.74.